The quantitative estimate of drug-likeness (QED) is 0.453. The molecular formula is C26H29F3N4O3S. The third-order valence-electron chi connectivity index (χ3n) is 7.42. The molecule has 2 aliphatic rings. The zero-order valence-electron chi connectivity index (χ0n) is 20.5. The topological polar surface area (TPSA) is 75.5 Å². The van der Waals surface area contributed by atoms with Gasteiger partial charge in [-0.15, -0.1) is 0 Å². The highest BCUT2D eigenvalue weighted by molar-refractivity contribution is 7.89. The van der Waals surface area contributed by atoms with E-state index < -0.39 is 21.9 Å². The van der Waals surface area contributed by atoms with Crippen LogP contribution in [0.3, 0.4) is 0 Å². The minimum Gasteiger partial charge on any atom is -0.332 e. The fraction of sp³-hybridized carbons (Fsp3) is 0.462. The van der Waals surface area contributed by atoms with E-state index in [0.29, 0.717) is 36.9 Å². The molecule has 0 saturated carbocycles. The van der Waals surface area contributed by atoms with E-state index in [-0.39, 0.29) is 41.9 Å². The van der Waals surface area contributed by atoms with Crippen molar-refractivity contribution in [3.8, 4) is 0 Å². The summed E-state index contributed by atoms with van der Waals surface area (Å²) in [4.78, 5) is 14.6. The molecule has 1 aromatic heterocycles. The number of halogens is 3. The molecule has 0 aliphatic carbocycles. The Morgan fingerprint density at radius 1 is 1.08 bits per heavy atom. The van der Waals surface area contributed by atoms with Gasteiger partial charge in [-0.2, -0.15) is 22.6 Å². The summed E-state index contributed by atoms with van der Waals surface area (Å²) in [5, 5.41) is 5.13. The molecule has 1 atom stereocenters. The zero-order chi connectivity index (χ0) is 26.4. The Balaban J connectivity index is 1.25. The maximum absolute atomic E-state index is 13.7. The maximum atomic E-state index is 13.7. The van der Waals surface area contributed by atoms with E-state index in [2.05, 4.69) is 5.10 Å². The summed E-state index contributed by atoms with van der Waals surface area (Å²) in [6, 6.07) is 12.5. The maximum Gasteiger partial charge on any atom is 0.435 e. The number of hydrogen-bond donors (Lipinski definition) is 0. The number of sulfonamides is 1. The lowest BCUT2D eigenvalue weighted by atomic mass is 9.99. The van der Waals surface area contributed by atoms with Crippen LogP contribution >= 0.6 is 0 Å². The summed E-state index contributed by atoms with van der Waals surface area (Å²) in [6.07, 6.45) is -1.02. The van der Waals surface area contributed by atoms with Crippen LogP contribution in [0.5, 0.6) is 0 Å². The zero-order valence-corrected chi connectivity index (χ0v) is 21.4. The van der Waals surface area contributed by atoms with Crippen LogP contribution in [-0.4, -0.2) is 45.9 Å². The highest BCUT2D eigenvalue weighted by atomic mass is 32.2. The summed E-state index contributed by atoms with van der Waals surface area (Å²) < 4.78 is 70.1. The molecule has 3 aromatic rings. The largest absolute Gasteiger partial charge is 0.435 e. The van der Waals surface area contributed by atoms with Crippen LogP contribution in [0.25, 0.3) is 10.8 Å². The average Bonchev–Trinajstić information content (AvgIpc) is 3.44. The Labute approximate surface area is 213 Å². The van der Waals surface area contributed by atoms with Crippen molar-refractivity contribution >= 4 is 26.7 Å². The molecule has 37 heavy (non-hydrogen) atoms. The van der Waals surface area contributed by atoms with Crippen LogP contribution in [0.2, 0.25) is 0 Å². The second-order valence-electron chi connectivity index (χ2n) is 9.78. The van der Waals surface area contributed by atoms with Gasteiger partial charge in [0.25, 0.3) is 0 Å². The lowest BCUT2D eigenvalue weighted by molar-refractivity contribution is -0.143. The first-order valence-electron chi connectivity index (χ1n) is 12.5. The number of piperidine rings is 1. The Bertz CT molecular complexity index is 1430. The van der Waals surface area contributed by atoms with Crippen LogP contribution in [0.15, 0.2) is 47.4 Å². The number of rotatable bonds is 6. The van der Waals surface area contributed by atoms with Crippen molar-refractivity contribution in [1.82, 2.24) is 19.0 Å². The Hall–Kier alpha value is -2.92. The van der Waals surface area contributed by atoms with Crippen molar-refractivity contribution in [3.05, 3.63) is 59.4 Å². The predicted octanol–water partition coefficient (Wildman–Crippen LogP) is 4.85. The first-order chi connectivity index (χ1) is 17.6. The molecule has 11 heteroatoms. The molecule has 0 spiro atoms. The fourth-order valence-electron chi connectivity index (χ4n) is 5.57. The molecule has 1 amide bonds. The molecule has 7 nitrogen and oxygen atoms in total. The number of benzene rings is 2. The molecule has 198 valence electrons. The van der Waals surface area contributed by atoms with Gasteiger partial charge in [0.2, 0.25) is 15.9 Å². The lowest BCUT2D eigenvalue weighted by Crippen LogP contribution is -2.43. The molecule has 3 heterocycles. The molecule has 0 bridgehead atoms. The van der Waals surface area contributed by atoms with E-state index in [1.165, 1.54) is 16.6 Å². The SMILES string of the molecule is Cn1nc(C(F)(F)F)c2c1CN(C(=O)CCCC1CCCCN1S(=O)(=O)c1cccc3ccccc13)C2. The normalized spacial score (nSPS) is 18.9. The van der Waals surface area contributed by atoms with Gasteiger partial charge in [-0.05, 0) is 37.1 Å². The molecular weight excluding hydrogens is 505 g/mol. The smallest absolute Gasteiger partial charge is 0.332 e. The Morgan fingerprint density at radius 2 is 1.84 bits per heavy atom. The van der Waals surface area contributed by atoms with E-state index in [4.69, 9.17) is 0 Å². The number of carbonyl (C=O) groups excluding carboxylic acids is 1. The van der Waals surface area contributed by atoms with Crippen molar-refractivity contribution in [1.29, 1.82) is 0 Å². The van der Waals surface area contributed by atoms with Crippen molar-refractivity contribution in [2.75, 3.05) is 6.54 Å². The van der Waals surface area contributed by atoms with Crippen LogP contribution in [0.1, 0.15) is 55.5 Å². The minimum absolute atomic E-state index is 0.0583. The van der Waals surface area contributed by atoms with E-state index in [1.54, 1.807) is 16.4 Å². The number of hydrogen-bond acceptors (Lipinski definition) is 4. The number of carbonyl (C=O) groups is 1. The van der Waals surface area contributed by atoms with Gasteiger partial charge in [0.05, 0.1) is 23.7 Å². The van der Waals surface area contributed by atoms with E-state index in [9.17, 15) is 26.4 Å². The molecule has 2 aromatic carbocycles. The summed E-state index contributed by atoms with van der Waals surface area (Å²) in [5.74, 6) is -0.233. The first kappa shape index (κ1) is 25.7. The standard InChI is InChI=1S/C26H29F3N4O3S/c1-31-22-17-32(16-21(22)25(30-31)26(27,28)29)24(34)14-7-11-19-10-4-5-15-33(19)37(35,36)23-13-6-9-18-8-2-3-12-20(18)23/h2-3,6,8-9,12-13,19H,4-5,7,10-11,14-17H2,1H3. The molecule has 0 radical (unpaired) electrons. The van der Waals surface area contributed by atoms with Crippen molar-refractivity contribution < 1.29 is 26.4 Å². The molecule has 2 aliphatic heterocycles. The summed E-state index contributed by atoms with van der Waals surface area (Å²) in [5.41, 5.74) is -0.472. The van der Waals surface area contributed by atoms with Crippen molar-refractivity contribution in [2.45, 2.75) is 68.7 Å². The van der Waals surface area contributed by atoms with Gasteiger partial charge in [-0.1, -0.05) is 42.8 Å². The highest BCUT2D eigenvalue weighted by Crippen LogP contribution is 2.37. The molecule has 1 saturated heterocycles. The van der Waals surface area contributed by atoms with Crippen LogP contribution in [0, 0.1) is 0 Å². The predicted molar refractivity (Wildman–Crippen MR) is 132 cm³/mol. The second kappa shape index (κ2) is 9.75. The number of amides is 1. The minimum atomic E-state index is -4.57. The van der Waals surface area contributed by atoms with E-state index in [0.717, 1.165) is 18.2 Å². The number of alkyl halides is 3. The molecule has 0 N–H and O–H groups in total. The van der Waals surface area contributed by atoms with Gasteiger partial charge in [0.15, 0.2) is 5.69 Å². The highest BCUT2D eigenvalue weighted by Gasteiger charge is 2.42. The molecule has 1 fully saturated rings. The summed E-state index contributed by atoms with van der Waals surface area (Å²) >= 11 is 0. The number of nitrogens with zero attached hydrogens (tertiary/aromatic N) is 4. The van der Waals surface area contributed by atoms with Gasteiger partial charge in [-0.3, -0.25) is 9.48 Å². The van der Waals surface area contributed by atoms with Gasteiger partial charge < -0.3 is 4.90 Å². The number of aryl methyl sites for hydroxylation is 1. The van der Waals surface area contributed by atoms with Crippen LogP contribution in [-0.2, 0) is 41.1 Å². The van der Waals surface area contributed by atoms with Crippen molar-refractivity contribution in [2.24, 2.45) is 7.05 Å². The monoisotopic (exact) mass is 534 g/mol. The Morgan fingerprint density at radius 3 is 2.62 bits per heavy atom. The third-order valence-corrected chi connectivity index (χ3v) is 9.43. The average molecular weight is 535 g/mol. The number of aromatic nitrogens is 2. The molecule has 5 rings (SSSR count). The van der Waals surface area contributed by atoms with Crippen LogP contribution in [0.4, 0.5) is 13.2 Å². The van der Waals surface area contributed by atoms with Gasteiger partial charge in [0, 0.05) is 37.0 Å². The van der Waals surface area contributed by atoms with Gasteiger partial charge >= 0.3 is 6.18 Å². The van der Waals surface area contributed by atoms with E-state index >= 15 is 0 Å². The first-order valence-corrected chi connectivity index (χ1v) is 13.9. The van der Waals surface area contributed by atoms with E-state index in [1.807, 2.05) is 30.3 Å². The lowest BCUT2D eigenvalue weighted by Gasteiger charge is -2.35. The summed E-state index contributed by atoms with van der Waals surface area (Å²) in [6.45, 7) is 0.416. The van der Waals surface area contributed by atoms with Crippen molar-refractivity contribution in [3.63, 3.8) is 0 Å². The van der Waals surface area contributed by atoms with Gasteiger partial charge in [0.1, 0.15) is 0 Å². The van der Waals surface area contributed by atoms with Crippen LogP contribution < -0.4 is 0 Å². The van der Waals surface area contributed by atoms with Gasteiger partial charge in [-0.25, -0.2) is 8.42 Å². The summed E-state index contributed by atoms with van der Waals surface area (Å²) in [7, 11) is -2.28. The number of fused-ring (bicyclic) bond motifs is 2. The second-order valence-corrected chi connectivity index (χ2v) is 11.6. The Kier molecular flexibility index (Phi) is 6.78. The fourth-order valence-corrected chi connectivity index (χ4v) is 7.51. The molecule has 1 unspecified atom stereocenters. The third kappa shape index (κ3) is 4.86.